The van der Waals surface area contributed by atoms with Crippen LogP contribution in [-0.2, 0) is 0 Å². The van der Waals surface area contributed by atoms with Crippen molar-refractivity contribution in [2.75, 3.05) is 0 Å². The van der Waals surface area contributed by atoms with Gasteiger partial charge in [-0.15, -0.1) is 0 Å². The maximum absolute atomic E-state index is 9.80. The van der Waals surface area contributed by atoms with Crippen molar-refractivity contribution < 1.29 is 10.2 Å². The molecule has 0 amide bonds. The van der Waals surface area contributed by atoms with Crippen LogP contribution in [0.1, 0.15) is 24.5 Å². The van der Waals surface area contributed by atoms with Crippen LogP contribution in [0.3, 0.4) is 0 Å². The Morgan fingerprint density at radius 3 is 1.62 bits per heavy atom. The highest BCUT2D eigenvalue weighted by Gasteiger charge is 2.31. The SMILES string of the molecule is CC(C[C]1[CH][CH][CH][CH]1)C([C]1[CH][CH][CH][CH]1)=C(c1ccc(O)cc1)c1ccc(O)cc1. The Balaban J connectivity index is 1.83. The van der Waals surface area contributed by atoms with Gasteiger partial charge >= 0.3 is 0 Å². The van der Waals surface area contributed by atoms with E-state index in [2.05, 4.69) is 58.3 Å². The third-order valence-corrected chi connectivity index (χ3v) is 5.32. The van der Waals surface area contributed by atoms with Crippen LogP contribution in [0.5, 0.6) is 11.5 Å². The predicted molar refractivity (Wildman–Crippen MR) is 117 cm³/mol. The fourth-order valence-corrected chi connectivity index (χ4v) is 3.97. The first kappa shape index (κ1) is 20.1. The second kappa shape index (κ2) is 9.07. The van der Waals surface area contributed by atoms with Crippen molar-refractivity contribution in [3.63, 3.8) is 0 Å². The number of phenols is 2. The lowest BCUT2D eigenvalue weighted by Crippen LogP contribution is -2.14. The molecule has 2 heteroatoms. The summed E-state index contributed by atoms with van der Waals surface area (Å²) in [6.07, 6.45) is 17.9. The summed E-state index contributed by atoms with van der Waals surface area (Å²) in [5.41, 5.74) is 4.46. The molecule has 2 fully saturated rings. The summed E-state index contributed by atoms with van der Waals surface area (Å²) in [4.78, 5) is 0. The second-order valence-electron chi connectivity index (χ2n) is 7.45. The van der Waals surface area contributed by atoms with Gasteiger partial charge in [0.05, 0.1) is 0 Å². The first-order valence-electron chi connectivity index (χ1n) is 9.87. The standard InChI is InChI=1S/C27H24O2/c1-19(18-20-6-2-3-7-20)26(21-8-4-5-9-21)27(22-10-14-24(28)15-11-22)23-12-16-25(29)17-13-23/h2-17,19,28-29H,18H2,1H3. The Bertz CT molecular complexity index is 772. The van der Waals surface area contributed by atoms with Crippen LogP contribution in [0.15, 0.2) is 54.1 Å². The van der Waals surface area contributed by atoms with Gasteiger partial charge in [-0.1, -0.05) is 36.8 Å². The minimum Gasteiger partial charge on any atom is -0.508 e. The van der Waals surface area contributed by atoms with Crippen LogP contribution < -0.4 is 0 Å². The smallest absolute Gasteiger partial charge is 0.115 e. The molecule has 2 aliphatic carbocycles. The maximum atomic E-state index is 9.80. The van der Waals surface area contributed by atoms with Crippen LogP contribution >= 0.6 is 0 Å². The van der Waals surface area contributed by atoms with E-state index in [4.69, 9.17) is 0 Å². The maximum Gasteiger partial charge on any atom is 0.115 e. The highest BCUT2D eigenvalue weighted by Crippen LogP contribution is 2.45. The van der Waals surface area contributed by atoms with E-state index in [0.717, 1.165) is 23.1 Å². The first-order valence-corrected chi connectivity index (χ1v) is 9.87. The number of hydrogen-bond donors (Lipinski definition) is 2. The van der Waals surface area contributed by atoms with Crippen molar-refractivity contribution in [1.29, 1.82) is 0 Å². The fraction of sp³-hybridized carbons (Fsp3) is 0.111. The van der Waals surface area contributed by atoms with E-state index in [0.29, 0.717) is 0 Å². The van der Waals surface area contributed by atoms with Crippen molar-refractivity contribution in [1.82, 2.24) is 0 Å². The molecule has 0 bridgehead atoms. The Labute approximate surface area is 175 Å². The zero-order valence-electron chi connectivity index (χ0n) is 16.4. The van der Waals surface area contributed by atoms with Gasteiger partial charge in [0, 0.05) is 5.92 Å². The Kier molecular flexibility index (Phi) is 6.28. The Hall–Kier alpha value is -2.22. The van der Waals surface area contributed by atoms with Crippen LogP contribution in [0.25, 0.3) is 5.57 Å². The average molecular weight is 380 g/mol. The van der Waals surface area contributed by atoms with Gasteiger partial charge in [-0.05, 0) is 111 Å². The second-order valence-corrected chi connectivity index (χ2v) is 7.45. The van der Waals surface area contributed by atoms with E-state index in [1.807, 2.05) is 24.3 Å². The van der Waals surface area contributed by atoms with Crippen molar-refractivity contribution in [2.24, 2.45) is 5.92 Å². The van der Waals surface area contributed by atoms with Gasteiger partial charge in [-0.3, -0.25) is 0 Å². The highest BCUT2D eigenvalue weighted by molar-refractivity contribution is 5.86. The van der Waals surface area contributed by atoms with Gasteiger partial charge in [-0.2, -0.15) is 0 Å². The number of rotatable bonds is 6. The largest absolute Gasteiger partial charge is 0.508 e. The minimum atomic E-state index is 0.249. The molecule has 29 heavy (non-hydrogen) atoms. The molecule has 2 aromatic rings. The summed E-state index contributed by atoms with van der Waals surface area (Å²) in [5.74, 6) is 3.28. The van der Waals surface area contributed by atoms with E-state index in [-0.39, 0.29) is 17.4 Å². The number of phenolic OH excluding ortho intramolecular Hbond substituents is 2. The van der Waals surface area contributed by atoms with E-state index >= 15 is 0 Å². The van der Waals surface area contributed by atoms with Crippen molar-refractivity contribution in [3.05, 3.63) is 128 Å². The van der Waals surface area contributed by atoms with Gasteiger partial charge in [0.1, 0.15) is 11.5 Å². The molecule has 1 atom stereocenters. The molecule has 1 unspecified atom stereocenters. The summed E-state index contributed by atoms with van der Waals surface area (Å²) in [6.45, 7) is 2.26. The molecule has 2 aromatic carbocycles. The van der Waals surface area contributed by atoms with Crippen molar-refractivity contribution in [3.8, 4) is 11.5 Å². The molecule has 10 radical (unpaired) electrons. The molecule has 2 aliphatic rings. The number of aromatic hydroxyl groups is 2. The Morgan fingerprint density at radius 1 is 0.690 bits per heavy atom. The van der Waals surface area contributed by atoms with E-state index in [1.165, 1.54) is 17.4 Å². The number of hydrogen-bond acceptors (Lipinski definition) is 2. The molecule has 2 saturated carbocycles. The summed E-state index contributed by atoms with van der Waals surface area (Å²) in [6, 6.07) is 14.7. The lowest BCUT2D eigenvalue weighted by atomic mass is 9.76. The lowest BCUT2D eigenvalue weighted by molar-refractivity contribution is 0.475. The van der Waals surface area contributed by atoms with Gasteiger partial charge in [0.15, 0.2) is 0 Å². The lowest BCUT2D eigenvalue weighted by Gasteiger charge is -2.28. The molecule has 4 rings (SSSR count). The van der Waals surface area contributed by atoms with Gasteiger partial charge in [-0.25, -0.2) is 0 Å². The van der Waals surface area contributed by atoms with E-state index < -0.39 is 0 Å². The monoisotopic (exact) mass is 380 g/mol. The Morgan fingerprint density at radius 2 is 1.14 bits per heavy atom. The van der Waals surface area contributed by atoms with Gasteiger partial charge in [0.2, 0.25) is 0 Å². The number of benzene rings is 2. The van der Waals surface area contributed by atoms with Crippen LogP contribution in [0.2, 0.25) is 0 Å². The summed E-state index contributed by atoms with van der Waals surface area (Å²) in [7, 11) is 0. The van der Waals surface area contributed by atoms with Crippen LogP contribution in [-0.4, -0.2) is 10.2 Å². The fourth-order valence-electron chi connectivity index (χ4n) is 3.97. The molecular formula is C27H24O2. The summed E-state index contributed by atoms with van der Waals surface area (Å²) < 4.78 is 0. The zero-order chi connectivity index (χ0) is 20.2. The normalized spacial score (nSPS) is 18.8. The molecule has 0 aromatic heterocycles. The van der Waals surface area contributed by atoms with E-state index in [1.54, 1.807) is 24.3 Å². The highest BCUT2D eigenvalue weighted by atomic mass is 16.3. The van der Waals surface area contributed by atoms with Crippen molar-refractivity contribution >= 4 is 5.57 Å². The molecule has 0 saturated heterocycles. The number of allylic oxidation sites excluding steroid dienone is 1. The van der Waals surface area contributed by atoms with Gasteiger partial charge < -0.3 is 10.2 Å². The molecule has 0 spiro atoms. The topological polar surface area (TPSA) is 40.5 Å². The summed E-state index contributed by atoms with van der Waals surface area (Å²) >= 11 is 0. The van der Waals surface area contributed by atoms with Crippen molar-refractivity contribution in [2.45, 2.75) is 13.3 Å². The molecule has 2 nitrogen and oxygen atoms in total. The molecule has 2 N–H and O–H groups in total. The van der Waals surface area contributed by atoms with Crippen LogP contribution in [0.4, 0.5) is 0 Å². The predicted octanol–water partition coefficient (Wildman–Crippen LogP) is 5.74. The van der Waals surface area contributed by atoms with E-state index in [9.17, 15) is 10.2 Å². The minimum absolute atomic E-state index is 0.249. The molecular weight excluding hydrogens is 356 g/mol. The quantitative estimate of drug-likeness (QED) is 0.671. The molecule has 0 aliphatic heterocycles. The van der Waals surface area contributed by atoms with Gasteiger partial charge in [0.25, 0.3) is 0 Å². The third kappa shape index (κ3) is 4.69. The third-order valence-electron chi connectivity index (χ3n) is 5.32. The molecule has 0 heterocycles. The first-order chi connectivity index (χ1) is 14.1. The van der Waals surface area contributed by atoms with Crippen LogP contribution in [0, 0.1) is 69.1 Å². The average Bonchev–Trinajstić information content (AvgIpc) is 3.42. The summed E-state index contributed by atoms with van der Waals surface area (Å²) in [5, 5.41) is 19.6. The zero-order valence-corrected chi connectivity index (χ0v) is 16.4. The molecule has 144 valence electrons.